The van der Waals surface area contributed by atoms with Crippen molar-refractivity contribution in [3.8, 4) is 29.1 Å². The molecular weight excluding hydrogens is 520 g/mol. The molecule has 3 aromatic rings. The zero-order valence-corrected chi connectivity index (χ0v) is 18.2. The maximum Gasteiger partial charge on any atom is 0.573 e. The molecule has 14 heteroatoms. The molecule has 1 N–H and O–H groups in total. The normalized spacial score (nSPS) is 11.5. The van der Waals surface area contributed by atoms with Gasteiger partial charge in [-0.2, -0.15) is 18.4 Å². The van der Waals surface area contributed by atoms with Crippen LogP contribution in [0.2, 0.25) is 0 Å². The number of alkyl halides is 6. The Kier molecular flexibility index (Phi) is 7.47. The highest BCUT2D eigenvalue weighted by Crippen LogP contribution is 2.40. The molecule has 1 amide bonds. The van der Waals surface area contributed by atoms with Crippen LogP contribution < -0.4 is 19.5 Å². The van der Waals surface area contributed by atoms with Crippen molar-refractivity contribution in [2.24, 2.45) is 0 Å². The van der Waals surface area contributed by atoms with Crippen LogP contribution in [0, 0.1) is 23.0 Å². The quantitative estimate of drug-likeness (QED) is 0.353. The van der Waals surface area contributed by atoms with E-state index in [2.05, 4.69) is 4.74 Å². The minimum atomic E-state index is -5.21. The molecule has 0 radical (unpaired) electrons. The Balaban J connectivity index is 2.06. The van der Waals surface area contributed by atoms with Crippen LogP contribution in [-0.4, -0.2) is 19.4 Å². The summed E-state index contributed by atoms with van der Waals surface area (Å²) in [6.07, 6.45) is -10.3. The van der Waals surface area contributed by atoms with E-state index in [-0.39, 0.29) is 5.69 Å². The summed E-state index contributed by atoms with van der Waals surface area (Å²) >= 11 is 0. The number of carbonyl (C=O) groups excluding carboxylic acids is 1. The fourth-order valence-corrected chi connectivity index (χ4v) is 3.00. The van der Waals surface area contributed by atoms with Crippen molar-refractivity contribution in [3.05, 3.63) is 76.9 Å². The molecule has 0 saturated carbocycles. The highest BCUT2D eigenvalue weighted by Gasteiger charge is 2.38. The number of nitriles is 1. The number of ether oxygens (including phenoxy) is 3. The highest BCUT2D eigenvalue weighted by molar-refractivity contribution is 6.06. The second kappa shape index (κ2) is 10.2. The van der Waals surface area contributed by atoms with Crippen LogP contribution in [0.25, 0.3) is 0 Å². The van der Waals surface area contributed by atoms with Crippen LogP contribution in [0.4, 0.5) is 40.8 Å². The summed E-state index contributed by atoms with van der Waals surface area (Å²) in [4.78, 5) is 12.8. The predicted octanol–water partition coefficient (Wildman–Crippen LogP) is 6.81. The van der Waals surface area contributed by atoms with E-state index in [9.17, 15) is 39.9 Å². The van der Waals surface area contributed by atoms with E-state index in [4.69, 9.17) is 14.7 Å². The lowest BCUT2D eigenvalue weighted by atomic mass is 10.1. The molecular formula is C23H12F8N2O4. The van der Waals surface area contributed by atoms with Crippen LogP contribution in [0.3, 0.4) is 0 Å². The Hall–Kier alpha value is -4.54. The molecule has 194 valence electrons. The predicted molar refractivity (Wildman–Crippen MR) is 110 cm³/mol. The molecule has 0 aromatic heterocycles. The van der Waals surface area contributed by atoms with Gasteiger partial charge in [0.15, 0.2) is 17.3 Å². The van der Waals surface area contributed by atoms with Crippen molar-refractivity contribution in [2.45, 2.75) is 12.5 Å². The monoisotopic (exact) mass is 532 g/mol. The molecule has 37 heavy (non-hydrogen) atoms. The Labute approximate surface area is 202 Å². The maximum atomic E-state index is 15.0. The topological polar surface area (TPSA) is 80.6 Å². The number of methoxy groups -OCH3 is 1. The van der Waals surface area contributed by atoms with Crippen LogP contribution in [0.5, 0.6) is 23.0 Å². The molecule has 3 aromatic carbocycles. The van der Waals surface area contributed by atoms with Crippen molar-refractivity contribution >= 4 is 11.6 Å². The number of anilines is 1. The number of halogens is 8. The van der Waals surface area contributed by atoms with Gasteiger partial charge in [-0.05, 0) is 42.5 Å². The SMILES string of the molecule is COc1cc(OC(F)(F)F)ccc1Oc1ccc(C(F)(F)F)c(F)c1C(=O)Nc1ccc(F)c(C#N)c1. The van der Waals surface area contributed by atoms with Crippen LogP contribution in [0.1, 0.15) is 21.5 Å². The summed E-state index contributed by atoms with van der Waals surface area (Å²) in [5, 5.41) is 11.0. The smallest absolute Gasteiger partial charge is 0.493 e. The van der Waals surface area contributed by atoms with Crippen LogP contribution >= 0.6 is 0 Å². The zero-order valence-electron chi connectivity index (χ0n) is 18.2. The molecule has 0 bridgehead atoms. The lowest BCUT2D eigenvalue weighted by Crippen LogP contribution is -2.19. The lowest BCUT2D eigenvalue weighted by Gasteiger charge is -2.18. The Bertz CT molecular complexity index is 1380. The minimum Gasteiger partial charge on any atom is -0.493 e. The van der Waals surface area contributed by atoms with Gasteiger partial charge in [0.2, 0.25) is 0 Å². The summed E-state index contributed by atoms with van der Waals surface area (Å²) in [7, 11) is 1.03. The van der Waals surface area contributed by atoms with Gasteiger partial charge in [-0.25, -0.2) is 8.78 Å². The highest BCUT2D eigenvalue weighted by atomic mass is 19.4. The van der Waals surface area contributed by atoms with E-state index in [0.717, 1.165) is 43.5 Å². The van der Waals surface area contributed by atoms with E-state index in [1.54, 1.807) is 0 Å². The molecule has 0 heterocycles. The first kappa shape index (κ1) is 27.1. The van der Waals surface area contributed by atoms with Crippen molar-refractivity contribution < 1.29 is 54.1 Å². The molecule has 0 aliphatic rings. The molecule has 0 atom stereocenters. The first-order valence-corrected chi connectivity index (χ1v) is 9.76. The van der Waals surface area contributed by atoms with Gasteiger partial charge in [-0.3, -0.25) is 4.79 Å². The summed E-state index contributed by atoms with van der Waals surface area (Å²) in [6, 6.07) is 7.45. The molecule has 3 rings (SSSR count). The van der Waals surface area contributed by atoms with Gasteiger partial charge in [0, 0.05) is 11.8 Å². The van der Waals surface area contributed by atoms with Crippen LogP contribution in [0.15, 0.2) is 48.5 Å². The number of nitrogens with one attached hydrogen (secondary N) is 1. The average Bonchev–Trinajstić information content (AvgIpc) is 2.79. The fourth-order valence-electron chi connectivity index (χ4n) is 3.00. The largest absolute Gasteiger partial charge is 0.573 e. The van der Waals surface area contributed by atoms with Crippen molar-refractivity contribution in [2.75, 3.05) is 12.4 Å². The number of hydrogen-bond donors (Lipinski definition) is 1. The third-order valence-corrected chi connectivity index (χ3v) is 4.57. The average molecular weight is 532 g/mol. The molecule has 0 fully saturated rings. The Morgan fingerprint density at radius 1 is 0.919 bits per heavy atom. The maximum absolute atomic E-state index is 15.0. The molecule has 0 aliphatic carbocycles. The van der Waals surface area contributed by atoms with Gasteiger partial charge in [0.25, 0.3) is 5.91 Å². The molecule has 0 aliphatic heterocycles. The molecule has 0 unspecified atom stereocenters. The fraction of sp³-hybridized carbons (Fsp3) is 0.130. The van der Waals surface area contributed by atoms with Crippen molar-refractivity contribution in [3.63, 3.8) is 0 Å². The van der Waals surface area contributed by atoms with E-state index in [0.29, 0.717) is 12.1 Å². The summed E-state index contributed by atoms with van der Waals surface area (Å²) < 4.78 is 120. The van der Waals surface area contributed by atoms with Gasteiger partial charge in [-0.1, -0.05) is 0 Å². The summed E-state index contributed by atoms with van der Waals surface area (Å²) in [5.41, 5.74) is -3.82. The third-order valence-electron chi connectivity index (χ3n) is 4.57. The van der Waals surface area contributed by atoms with Crippen LogP contribution in [-0.2, 0) is 6.18 Å². The second-order valence-electron chi connectivity index (χ2n) is 7.02. The lowest BCUT2D eigenvalue weighted by molar-refractivity contribution is -0.274. The number of hydrogen-bond acceptors (Lipinski definition) is 5. The number of nitrogens with zero attached hydrogens (tertiary/aromatic N) is 1. The van der Waals surface area contributed by atoms with Crippen molar-refractivity contribution in [1.82, 2.24) is 0 Å². The molecule has 0 spiro atoms. The third kappa shape index (κ3) is 6.37. The first-order chi connectivity index (χ1) is 17.2. The van der Waals surface area contributed by atoms with E-state index in [1.807, 2.05) is 5.32 Å². The first-order valence-electron chi connectivity index (χ1n) is 9.76. The number of benzene rings is 3. The minimum absolute atomic E-state index is 0.253. The van der Waals surface area contributed by atoms with Gasteiger partial charge in [-0.15, -0.1) is 13.2 Å². The van der Waals surface area contributed by atoms with Gasteiger partial charge < -0.3 is 19.5 Å². The van der Waals surface area contributed by atoms with Gasteiger partial charge in [0.1, 0.15) is 28.9 Å². The Morgan fingerprint density at radius 2 is 1.59 bits per heavy atom. The standard InChI is InChI=1S/C23H12F8N2O4/c1-35-18-9-13(37-23(29,30)31)3-6-16(18)36-17-7-4-14(22(26,27)28)20(25)19(17)21(34)33-12-2-5-15(24)11(8-12)10-32/h2-9H,1H3,(H,33,34). The van der Waals surface area contributed by atoms with Crippen molar-refractivity contribution in [1.29, 1.82) is 5.26 Å². The number of amides is 1. The number of rotatable bonds is 6. The molecule has 6 nitrogen and oxygen atoms in total. The summed E-state index contributed by atoms with van der Waals surface area (Å²) in [6.45, 7) is 0. The summed E-state index contributed by atoms with van der Waals surface area (Å²) in [5.74, 6) is -6.73. The van der Waals surface area contributed by atoms with E-state index in [1.165, 1.54) is 6.07 Å². The zero-order chi connectivity index (χ0) is 27.5. The second-order valence-corrected chi connectivity index (χ2v) is 7.02. The van der Waals surface area contributed by atoms with E-state index >= 15 is 0 Å². The van der Waals surface area contributed by atoms with E-state index < -0.39 is 69.8 Å². The van der Waals surface area contributed by atoms with Gasteiger partial charge in [0.05, 0.1) is 18.2 Å². The molecule has 0 saturated heterocycles. The Morgan fingerprint density at radius 3 is 2.19 bits per heavy atom. The number of carbonyl (C=O) groups is 1. The van der Waals surface area contributed by atoms with Gasteiger partial charge >= 0.3 is 12.5 Å².